The highest BCUT2D eigenvalue weighted by Crippen LogP contribution is 2.35. The summed E-state index contributed by atoms with van der Waals surface area (Å²) in [5.41, 5.74) is 1.61. The van der Waals surface area contributed by atoms with Crippen LogP contribution in [0.2, 0.25) is 0 Å². The number of rotatable bonds is 5. The maximum absolute atomic E-state index is 12.1. The molecule has 0 aromatic heterocycles. The van der Waals surface area contributed by atoms with E-state index >= 15 is 0 Å². The number of anilines is 1. The summed E-state index contributed by atoms with van der Waals surface area (Å²) in [6, 6.07) is 5.43. The summed E-state index contributed by atoms with van der Waals surface area (Å²) in [4.78, 5) is 23.0. The van der Waals surface area contributed by atoms with Crippen molar-refractivity contribution in [2.24, 2.45) is 11.8 Å². The molecule has 0 saturated heterocycles. The van der Waals surface area contributed by atoms with E-state index in [1.165, 1.54) is 0 Å². The minimum absolute atomic E-state index is 0.0930. The normalized spacial score (nSPS) is 20.8. The van der Waals surface area contributed by atoms with Crippen LogP contribution in [-0.2, 0) is 9.59 Å². The van der Waals surface area contributed by atoms with Gasteiger partial charge in [0.05, 0.1) is 17.9 Å². The lowest BCUT2D eigenvalue weighted by atomic mass is 9.73. The van der Waals surface area contributed by atoms with E-state index in [9.17, 15) is 9.59 Å². The highest BCUT2D eigenvalue weighted by Gasteiger charge is 2.41. The molecule has 1 aliphatic rings. The van der Waals surface area contributed by atoms with Crippen LogP contribution in [0.25, 0.3) is 0 Å². The molecule has 114 valence electrons. The molecular weight excluding hydrogens is 270 g/mol. The molecule has 0 aliphatic heterocycles. The van der Waals surface area contributed by atoms with Crippen LogP contribution in [0.4, 0.5) is 5.69 Å². The number of ether oxygens (including phenoxy) is 1. The van der Waals surface area contributed by atoms with Gasteiger partial charge in [-0.05, 0) is 57.4 Å². The van der Waals surface area contributed by atoms with Gasteiger partial charge in [0.15, 0.2) is 0 Å². The van der Waals surface area contributed by atoms with E-state index in [4.69, 9.17) is 9.84 Å². The number of nitrogens with one attached hydrogen (secondary N) is 1. The molecule has 2 atom stereocenters. The van der Waals surface area contributed by atoms with E-state index in [-0.39, 0.29) is 12.0 Å². The number of carbonyl (C=O) groups is 2. The van der Waals surface area contributed by atoms with E-state index in [1.54, 1.807) is 6.07 Å². The molecule has 0 heterocycles. The van der Waals surface area contributed by atoms with Crippen molar-refractivity contribution < 1.29 is 19.4 Å². The predicted molar refractivity (Wildman–Crippen MR) is 79.4 cm³/mol. The summed E-state index contributed by atoms with van der Waals surface area (Å²) < 4.78 is 5.64. The van der Waals surface area contributed by atoms with Crippen molar-refractivity contribution in [3.63, 3.8) is 0 Å². The number of aryl methyl sites for hydroxylation is 1. The van der Waals surface area contributed by atoms with Gasteiger partial charge in [-0.2, -0.15) is 0 Å². The van der Waals surface area contributed by atoms with Crippen molar-refractivity contribution in [1.29, 1.82) is 0 Å². The van der Waals surface area contributed by atoms with E-state index in [0.29, 0.717) is 18.5 Å². The van der Waals surface area contributed by atoms with Crippen LogP contribution >= 0.6 is 0 Å². The van der Waals surface area contributed by atoms with Gasteiger partial charge in [0.2, 0.25) is 5.91 Å². The highest BCUT2D eigenvalue weighted by atomic mass is 16.5. The first kappa shape index (κ1) is 15.4. The lowest BCUT2D eigenvalue weighted by Gasteiger charge is -2.31. The highest BCUT2D eigenvalue weighted by molar-refractivity contribution is 5.96. The molecule has 2 rings (SSSR count). The molecule has 21 heavy (non-hydrogen) atoms. The van der Waals surface area contributed by atoms with Crippen molar-refractivity contribution in [2.75, 3.05) is 5.32 Å². The average molecular weight is 291 g/mol. The fourth-order valence-electron chi connectivity index (χ4n) is 2.46. The van der Waals surface area contributed by atoms with Gasteiger partial charge in [-0.15, -0.1) is 0 Å². The Balaban J connectivity index is 2.01. The Morgan fingerprint density at radius 3 is 2.43 bits per heavy atom. The number of carboxylic acid groups (broad SMARTS) is 1. The van der Waals surface area contributed by atoms with Crippen LogP contribution in [-0.4, -0.2) is 23.1 Å². The van der Waals surface area contributed by atoms with Gasteiger partial charge in [0, 0.05) is 5.69 Å². The fraction of sp³-hybridized carbons (Fsp3) is 0.500. The molecule has 5 nitrogen and oxygen atoms in total. The van der Waals surface area contributed by atoms with E-state index < -0.39 is 17.8 Å². The van der Waals surface area contributed by atoms with Crippen LogP contribution in [0, 0.1) is 18.8 Å². The molecule has 1 aromatic rings. The summed E-state index contributed by atoms with van der Waals surface area (Å²) in [5.74, 6) is -1.29. The number of aliphatic carboxylic acids is 1. The number of hydrogen-bond acceptors (Lipinski definition) is 3. The van der Waals surface area contributed by atoms with Crippen LogP contribution in [0.3, 0.4) is 0 Å². The van der Waals surface area contributed by atoms with Gasteiger partial charge in [-0.25, -0.2) is 0 Å². The Hall–Kier alpha value is -2.04. The lowest BCUT2D eigenvalue weighted by molar-refractivity contribution is -0.151. The second-order valence-electron chi connectivity index (χ2n) is 5.76. The van der Waals surface area contributed by atoms with Gasteiger partial charge in [-0.1, -0.05) is 0 Å². The summed E-state index contributed by atoms with van der Waals surface area (Å²) >= 11 is 0. The molecule has 0 radical (unpaired) electrons. The molecule has 0 spiro atoms. The average Bonchev–Trinajstić information content (AvgIpc) is 2.29. The maximum atomic E-state index is 12.1. The van der Waals surface area contributed by atoms with Crippen LogP contribution in [0.5, 0.6) is 5.75 Å². The fourth-order valence-corrected chi connectivity index (χ4v) is 2.46. The summed E-state index contributed by atoms with van der Waals surface area (Å²) in [5, 5.41) is 11.8. The first-order chi connectivity index (χ1) is 9.88. The third-order valence-corrected chi connectivity index (χ3v) is 3.73. The minimum atomic E-state index is -0.890. The number of carboxylic acids is 1. The van der Waals surface area contributed by atoms with Crippen molar-refractivity contribution in [2.45, 2.75) is 39.7 Å². The van der Waals surface area contributed by atoms with Gasteiger partial charge >= 0.3 is 5.97 Å². The third kappa shape index (κ3) is 3.54. The number of benzene rings is 1. The summed E-state index contributed by atoms with van der Waals surface area (Å²) in [7, 11) is 0. The molecular formula is C16H21NO4. The Labute approximate surface area is 124 Å². The lowest BCUT2D eigenvalue weighted by Crippen LogP contribution is -2.41. The smallest absolute Gasteiger partial charge is 0.307 e. The van der Waals surface area contributed by atoms with E-state index in [0.717, 1.165) is 11.3 Å². The van der Waals surface area contributed by atoms with Crippen molar-refractivity contribution in [1.82, 2.24) is 0 Å². The molecule has 5 heteroatoms. The Kier molecular flexibility index (Phi) is 4.50. The van der Waals surface area contributed by atoms with Crippen LogP contribution in [0.15, 0.2) is 18.2 Å². The SMILES string of the molecule is Cc1cc(NC(=O)C2CCC2C(=O)O)ccc1OC(C)C. The number of carbonyl (C=O) groups excluding carboxylic acids is 1. The largest absolute Gasteiger partial charge is 0.491 e. The zero-order valence-electron chi connectivity index (χ0n) is 12.6. The van der Waals surface area contributed by atoms with Crippen molar-refractivity contribution in [3.05, 3.63) is 23.8 Å². The van der Waals surface area contributed by atoms with Gasteiger partial charge < -0.3 is 15.2 Å². The maximum Gasteiger partial charge on any atom is 0.307 e. The summed E-state index contributed by atoms with van der Waals surface area (Å²) in [6.07, 6.45) is 1.31. The van der Waals surface area contributed by atoms with Gasteiger partial charge in [0.1, 0.15) is 5.75 Å². The molecule has 2 unspecified atom stereocenters. The molecule has 2 N–H and O–H groups in total. The Bertz CT molecular complexity index is 553. The zero-order valence-corrected chi connectivity index (χ0v) is 12.6. The molecule has 1 saturated carbocycles. The topological polar surface area (TPSA) is 75.6 Å². The third-order valence-electron chi connectivity index (χ3n) is 3.73. The van der Waals surface area contributed by atoms with Gasteiger partial charge in [0.25, 0.3) is 0 Å². The van der Waals surface area contributed by atoms with E-state index in [1.807, 2.05) is 32.9 Å². The minimum Gasteiger partial charge on any atom is -0.491 e. The number of amides is 1. The van der Waals surface area contributed by atoms with Crippen LogP contribution in [0.1, 0.15) is 32.3 Å². The second kappa shape index (κ2) is 6.16. The number of hydrogen-bond donors (Lipinski definition) is 2. The zero-order chi connectivity index (χ0) is 15.6. The van der Waals surface area contributed by atoms with Gasteiger partial charge in [-0.3, -0.25) is 9.59 Å². The standard InChI is InChI=1S/C16H21NO4/c1-9(2)21-14-7-4-11(8-10(14)3)17-15(18)12-5-6-13(12)16(19)20/h4,7-9,12-13H,5-6H2,1-3H3,(H,17,18)(H,19,20). The monoisotopic (exact) mass is 291 g/mol. The van der Waals surface area contributed by atoms with Crippen molar-refractivity contribution in [3.8, 4) is 5.75 Å². The quantitative estimate of drug-likeness (QED) is 0.874. The molecule has 1 amide bonds. The molecule has 1 aliphatic carbocycles. The summed E-state index contributed by atoms with van der Waals surface area (Å²) in [6.45, 7) is 5.83. The first-order valence-corrected chi connectivity index (χ1v) is 7.19. The van der Waals surface area contributed by atoms with Crippen LogP contribution < -0.4 is 10.1 Å². The van der Waals surface area contributed by atoms with E-state index in [2.05, 4.69) is 5.32 Å². The first-order valence-electron chi connectivity index (χ1n) is 7.19. The van der Waals surface area contributed by atoms with Crippen molar-refractivity contribution >= 4 is 17.6 Å². The molecule has 1 aromatic carbocycles. The molecule has 0 bridgehead atoms. The Morgan fingerprint density at radius 1 is 1.29 bits per heavy atom. The Morgan fingerprint density at radius 2 is 1.95 bits per heavy atom. The predicted octanol–water partition coefficient (Wildman–Crippen LogP) is 2.83. The molecule has 1 fully saturated rings. The second-order valence-corrected chi connectivity index (χ2v) is 5.76.